The van der Waals surface area contributed by atoms with Crippen LogP contribution >= 0.6 is 0 Å². The highest BCUT2D eigenvalue weighted by Crippen LogP contribution is 2.14. The van der Waals surface area contributed by atoms with Crippen LogP contribution in [0, 0.1) is 13.8 Å². The lowest BCUT2D eigenvalue weighted by atomic mass is 10.1. The lowest BCUT2D eigenvalue weighted by Gasteiger charge is -2.15. The molecular formula is C14H23N3O4S. The van der Waals surface area contributed by atoms with Crippen molar-refractivity contribution in [3.05, 3.63) is 17.0 Å². The quantitative estimate of drug-likeness (QED) is 0.797. The van der Waals surface area contributed by atoms with Gasteiger partial charge < -0.3 is 9.84 Å². The van der Waals surface area contributed by atoms with Crippen LogP contribution in [0.15, 0.2) is 4.52 Å². The molecule has 1 aromatic rings. The van der Waals surface area contributed by atoms with Crippen molar-refractivity contribution in [2.45, 2.75) is 39.5 Å². The van der Waals surface area contributed by atoms with Crippen molar-refractivity contribution in [2.24, 2.45) is 0 Å². The molecule has 2 rings (SSSR count). The Labute approximate surface area is 131 Å². The molecule has 8 heteroatoms. The molecular weight excluding hydrogens is 306 g/mol. The second kappa shape index (κ2) is 7.23. The van der Waals surface area contributed by atoms with Gasteiger partial charge in [-0.2, -0.15) is 0 Å². The third-order valence-corrected chi connectivity index (χ3v) is 5.80. The molecule has 0 aromatic carbocycles. The summed E-state index contributed by atoms with van der Waals surface area (Å²) in [7, 11) is -3.23. The molecule has 22 heavy (non-hydrogen) atoms. The zero-order valence-electron chi connectivity index (χ0n) is 13.1. The number of sulfonamides is 1. The van der Waals surface area contributed by atoms with Crippen LogP contribution in [-0.2, 0) is 21.2 Å². The number of carbonyl (C=O) groups excluding carboxylic acids is 1. The number of nitrogens with zero attached hydrogens (tertiary/aromatic N) is 2. The zero-order valence-corrected chi connectivity index (χ0v) is 13.9. The maximum Gasteiger partial charge on any atom is 0.220 e. The number of aromatic nitrogens is 1. The Balaban J connectivity index is 1.72. The maximum atomic E-state index is 12.0. The van der Waals surface area contributed by atoms with Crippen LogP contribution in [0.3, 0.4) is 0 Å². The summed E-state index contributed by atoms with van der Waals surface area (Å²) in [6.45, 7) is 5.01. The van der Waals surface area contributed by atoms with Crippen molar-refractivity contribution < 1.29 is 17.7 Å². The first-order valence-electron chi connectivity index (χ1n) is 7.56. The van der Waals surface area contributed by atoms with Crippen LogP contribution in [0.4, 0.5) is 0 Å². The number of carbonyl (C=O) groups is 1. The van der Waals surface area contributed by atoms with Crippen molar-refractivity contribution in [3.63, 3.8) is 0 Å². The molecule has 1 aliphatic rings. The minimum Gasteiger partial charge on any atom is -0.361 e. The Morgan fingerprint density at radius 1 is 1.32 bits per heavy atom. The van der Waals surface area contributed by atoms with Gasteiger partial charge in [0.25, 0.3) is 0 Å². The number of hydrogen-bond donors (Lipinski definition) is 1. The summed E-state index contributed by atoms with van der Waals surface area (Å²) in [5.41, 5.74) is 1.74. The molecule has 0 unspecified atom stereocenters. The van der Waals surface area contributed by atoms with Crippen molar-refractivity contribution in [2.75, 3.05) is 25.4 Å². The van der Waals surface area contributed by atoms with E-state index in [0.29, 0.717) is 25.9 Å². The average molecular weight is 329 g/mol. The summed E-state index contributed by atoms with van der Waals surface area (Å²) in [6.07, 6.45) is 2.69. The fourth-order valence-electron chi connectivity index (χ4n) is 2.60. The standard InChI is InChI=1S/C14H23N3O4S/c1-11-13(12(2)21-16-11)5-6-14(18)15-7-10-22(19,20)17-8-3-4-9-17/h3-10H2,1-2H3,(H,15,18). The van der Waals surface area contributed by atoms with Crippen LogP contribution < -0.4 is 5.32 Å². The molecule has 0 saturated carbocycles. The van der Waals surface area contributed by atoms with E-state index in [2.05, 4.69) is 10.5 Å². The van der Waals surface area contributed by atoms with Gasteiger partial charge >= 0.3 is 0 Å². The largest absolute Gasteiger partial charge is 0.361 e. The molecule has 1 N–H and O–H groups in total. The molecule has 0 aliphatic carbocycles. The SMILES string of the molecule is Cc1noc(C)c1CCC(=O)NCCS(=O)(=O)N1CCCC1. The minimum atomic E-state index is -3.23. The zero-order chi connectivity index (χ0) is 16.2. The first kappa shape index (κ1) is 17.0. The smallest absolute Gasteiger partial charge is 0.220 e. The molecule has 1 fully saturated rings. The Kier molecular flexibility index (Phi) is 5.57. The molecule has 0 radical (unpaired) electrons. The van der Waals surface area contributed by atoms with Crippen LogP contribution in [0.2, 0.25) is 0 Å². The highest BCUT2D eigenvalue weighted by atomic mass is 32.2. The van der Waals surface area contributed by atoms with Crippen molar-refractivity contribution in [1.82, 2.24) is 14.8 Å². The summed E-state index contributed by atoms with van der Waals surface area (Å²) >= 11 is 0. The van der Waals surface area contributed by atoms with E-state index in [1.807, 2.05) is 13.8 Å². The topological polar surface area (TPSA) is 92.5 Å². The Hall–Kier alpha value is -1.41. The molecule has 1 aromatic heterocycles. The molecule has 7 nitrogen and oxygen atoms in total. The van der Waals surface area contributed by atoms with Crippen molar-refractivity contribution in [3.8, 4) is 0 Å². The van der Waals surface area contributed by atoms with Crippen molar-refractivity contribution in [1.29, 1.82) is 0 Å². The van der Waals surface area contributed by atoms with Crippen molar-refractivity contribution >= 4 is 15.9 Å². The summed E-state index contributed by atoms with van der Waals surface area (Å²) in [6, 6.07) is 0. The molecule has 0 spiro atoms. The average Bonchev–Trinajstić information content (AvgIpc) is 3.08. The lowest BCUT2D eigenvalue weighted by Crippen LogP contribution is -2.36. The molecule has 1 amide bonds. The van der Waals surface area contributed by atoms with Gasteiger partial charge in [0.15, 0.2) is 0 Å². The lowest BCUT2D eigenvalue weighted by molar-refractivity contribution is -0.120. The van der Waals surface area contributed by atoms with Gasteiger partial charge in [-0.05, 0) is 33.1 Å². The molecule has 1 saturated heterocycles. The Morgan fingerprint density at radius 3 is 2.59 bits per heavy atom. The van der Waals surface area contributed by atoms with E-state index < -0.39 is 10.0 Å². The fraction of sp³-hybridized carbons (Fsp3) is 0.714. The highest BCUT2D eigenvalue weighted by molar-refractivity contribution is 7.89. The van der Waals surface area contributed by atoms with E-state index in [9.17, 15) is 13.2 Å². The predicted molar refractivity (Wildman–Crippen MR) is 81.9 cm³/mol. The minimum absolute atomic E-state index is 0.0376. The van der Waals surface area contributed by atoms with E-state index >= 15 is 0 Å². The van der Waals surface area contributed by atoms with Gasteiger partial charge in [-0.15, -0.1) is 0 Å². The van der Waals surface area contributed by atoms with Gasteiger partial charge in [0.1, 0.15) is 5.76 Å². The van der Waals surface area contributed by atoms with Gasteiger partial charge in [0, 0.05) is 31.6 Å². The monoisotopic (exact) mass is 329 g/mol. The number of nitrogens with one attached hydrogen (secondary N) is 1. The second-order valence-corrected chi connectivity index (χ2v) is 7.66. The van der Waals surface area contributed by atoms with Crippen LogP contribution in [-0.4, -0.2) is 49.2 Å². The summed E-state index contributed by atoms with van der Waals surface area (Å²) < 4.78 is 30.6. The number of amides is 1. The van der Waals surface area contributed by atoms with Gasteiger partial charge in [0.2, 0.25) is 15.9 Å². The summed E-state index contributed by atoms with van der Waals surface area (Å²) in [5, 5.41) is 6.51. The third-order valence-electron chi connectivity index (χ3n) is 3.92. The summed E-state index contributed by atoms with van der Waals surface area (Å²) in [4.78, 5) is 11.8. The Bertz CT molecular complexity index is 599. The number of rotatable bonds is 7. The Morgan fingerprint density at radius 2 is 2.00 bits per heavy atom. The van der Waals surface area contributed by atoms with Gasteiger partial charge in [0.05, 0.1) is 11.4 Å². The highest BCUT2D eigenvalue weighted by Gasteiger charge is 2.24. The van der Waals surface area contributed by atoms with E-state index in [0.717, 1.165) is 29.9 Å². The van der Waals surface area contributed by atoms with Gasteiger partial charge in [-0.25, -0.2) is 12.7 Å². The van der Waals surface area contributed by atoms with E-state index in [4.69, 9.17) is 4.52 Å². The molecule has 124 valence electrons. The van der Waals surface area contributed by atoms with E-state index in [1.165, 1.54) is 4.31 Å². The predicted octanol–water partition coefficient (Wildman–Crippen LogP) is 0.766. The molecule has 0 atom stereocenters. The summed E-state index contributed by atoms with van der Waals surface area (Å²) in [5.74, 6) is 0.530. The molecule has 2 heterocycles. The molecule has 0 bridgehead atoms. The molecule has 1 aliphatic heterocycles. The van der Waals surface area contributed by atoms with Crippen LogP contribution in [0.5, 0.6) is 0 Å². The van der Waals surface area contributed by atoms with Gasteiger partial charge in [-0.1, -0.05) is 5.16 Å². The third kappa shape index (κ3) is 4.30. The number of aryl methyl sites for hydroxylation is 2. The first-order valence-corrected chi connectivity index (χ1v) is 9.17. The van der Waals surface area contributed by atoms with E-state index in [-0.39, 0.29) is 18.2 Å². The second-order valence-electron chi connectivity index (χ2n) is 5.57. The van der Waals surface area contributed by atoms with Crippen LogP contribution in [0.1, 0.15) is 36.3 Å². The number of hydrogen-bond acceptors (Lipinski definition) is 5. The van der Waals surface area contributed by atoms with Crippen LogP contribution in [0.25, 0.3) is 0 Å². The maximum absolute atomic E-state index is 12.0. The normalized spacial score (nSPS) is 16.1. The first-order chi connectivity index (χ1) is 10.4. The van der Waals surface area contributed by atoms with E-state index in [1.54, 1.807) is 0 Å². The van der Waals surface area contributed by atoms with Gasteiger partial charge in [-0.3, -0.25) is 4.79 Å². The fourth-order valence-corrected chi connectivity index (χ4v) is 4.03.